The average molecular weight is 944 g/mol. The van der Waals surface area contributed by atoms with Gasteiger partial charge in [-0.3, -0.25) is 9.35 Å². The Morgan fingerprint density at radius 2 is 1.03 bits per heavy atom. The molecule has 1 saturated heterocycles. The summed E-state index contributed by atoms with van der Waals surface area (Å²) in [7, 11) is -5.13. The zero-order valence-corrected chi connectivity index (χ0v) is 41.2. The average Bonchev–Trinajstić information content (AvgIpc) is 3.28. The van der Waals surface area contributed by atoms with E-state index in [1.54, 1.807) is 6.08 Å². The Balaban J connectivity index is 2.51. The van der Waals surface area contributed by atoms with Crippen LogP contribution in [0.25, 0.3) is 0 Å². The number of amides is 1. The van der Waals surface area contributed by atoms with Gasteiger partial charge in [0.2, 0.25) is 5.91 Å². The van der Waals surface area contributed by atoms with Gasteiger partial charge in [-0.15, -0.1) is 0 Å². The van der Waals surface area contributed by atoms with E-state index < -0.39 is 78.5 Å². The fourth-order valence-electron chi connectivity index (χ4n) is 7.84. The molecule has 8 unspecified atom stereocenters. The van der Waals surface area contributed by atoms with E-state index in [-0.39, 0.29) is 6.42 Å². The molecular formula is C51H93NO12S. The maximum Gasteiger partial charge on any atom is 0.397 e. The molecule has 1 heterocycles. The van der Waals surface area contributed by atoms with Gasteiger partial charge in [0.25, 0.3) is 0 Å². The van der Waals surface area contributed by atoms with Crippen LogP contribution in [0.4, 0.5) is 0 Å². The summed E-state index contributed by atoms with van der Waals surface area (Å²) < 4.78 is 47.5. The summed E-state index contributed by atoms with van der Waals surface area (Å²) >= 11 is 0. The van der Waals surface area contributed by atoms with E-state index in [1.165, 1.54) is 109 Å². The molecule has 0 bridgehead atoms. The molecule has 1 fully saturated rings. The van der Waals surface area contributed by atoms with Gasteiger partial charge in [-0.05, 0) is 70.6 Å². The number of unbranched alkanes of at least 4 members (excludes halogenated alkanes) is 24. The van der Waals surface area contributed by atoms with Gasteiger partial charge in [0.05, 0.1) is 25.4 Å². The van der Waals surface area contributed by atoms with Crippen molar-refractivity contribution >= 4 is 16.3 Å². The normalized spacial score (nSPS) is 21.0. The van der Waals surface area contributed by atoms with E-state index in [4.69, 9.17) is 9.47 Å². The molecule has 0 aliphatic carbocycles. The van der Waals surface area contributed by atoms with Crippen molar-refractivity contribution in [2.75, 3.05) is 13.2 Å². The Morgan fingerprint density at radius 1 is 0.615 bits per heavy atom. The molecule has 7 N–H and O–H groups in total. The maximum absolute atomic E-state index is 13.1. The Bertz CT molecular complexity index is 1360. The number of aliphatic hydroxyl groups is 5. The molecule has 13 nitrogen and oxygen atoms in total. The van der Waals surface area contributed by atoms with Crippen LogP contribution in [-0.2, 0) is 28.9 Å². The number of carbonyl (C=O) groups is 1. The minimum Gasteiger partial charge on any atom is -0.394 e. The van der Waals surface area contributed by atoms with E-state index >= 15 is 0 Å². The van der Waals surface area contributed by atoms with Crippen LogP contribution in [0.15, 0.2) is 48.6 Å². The third kappa shape index (κ3) is 33.2. The Labute approximate surface area is 394 Å². The Kier molecular flexibility index (Phi) is 38.5. The maximum atomic E-state index is 13.1. The number of carbonyl (C=O) groups excluding carboxylic acids is 1. The van der Waals surface area contributed by atoms with Gasteiger partial charge in [0, 0.05) is 0 Å². The molecule has 65 heavy (non-hydrogen) atoms. The van der Waals surface area contributed by atoms with Crippen LogP contribution in [0.3, 0.4) is 0 Å². The van der Waals surface area contributed by atoms with Crippen LogP contribution < -0.4 is 5.32 Å². The smallest absolute Gasteiger partial charge is 0.394 e. The molecule has 0 aromatic rings. The van der Waals surface area contributed by atoms with Gasteiger partial charge in [-0.1, -0.05) is 184 Å². The van der Waals surface area contributed by atoms with E-state index in [0.29, 0.717) is 12.8 Å². The molecule has 8 atom stereocenters. The highest BCUT2D eigenvalue weighted by Gasteiger charge is 2.48. The standard InChI is InChI=1S/C51H93NO12S/c1-3-5-7-9-11-13-15-17-19-20-21-22-23-24-25-26-28-30-32-34-36-38-40-45(55)50(58)52-43(42-62-51-48(57)49(64-65(59,60)61)47(56)46(41-53)63-51)44(54)39-37-35-33-31-29-27-18-16-14-12-10-8-6-4-2/h14,16,24-25,29,31,37,39,43-49,51,53-57H,3-13,15,17-23,26-28,30,32-36,38,40-42H2,1-2H3,(H,52,58)(H,59,60,61)/b16-14+,25-24-,31-29+,39-37+. The molecule has 1 rings (SSSR count). The molecule has 1 amide bonds. The van der Waals surface area contributed by atoms with Crippen molar-refractivity contribution in [3.8, 4) is 0 Å². The summed E-state index contributed by atoms with van der Waals surface area (Å²) in [6, 6.07) is -1.15. The third-order valence-electron chi connectivity index (χ3n) is 11.9. The second kappa shape index (κ2) is 41.0. The molecule has 14 heteroatoms. The van der Waals surface area contributed by atoms with E-state index in [9.17, 15) is 43.3 Å². The summed E-state index contributed by atoms with van der Waals surface area (Å²) in [6.45, 7) is 3.18. The quantitative estimate of drug-likeness (QED) is 0.0173. The van der Waals surface area contributed by atoms with Crippen LogP contribution in [-0.4, -0.2) is 107 Å². The van der Waals surface area contributed by atoms with Crippen LogP contribution >= 0.6 is 0 Å². The third-order valence-corrected chi connectivity index (χ3v) is 12.4. The van der Waals surface area contributed by atoms with Crippen molar-refractivity contribution in [2.45, 2.75) is 255 Å². The molecule has 0 aromatic heterocycles. The van der Waals surface area contributed by atoms with Gasteiger partial charge in [-0.25, -0.2) is 4.18 Å². The fourth-order valence-corrected chi connectivity index (χ4v) is 8.35. The highest BCUT2D eigenvalue weighted by Crippen LogP contribution is 2.26. The summed E-state index contributed by atoms with van der Waals surface area (Å²) in [4.78, 5) is 13.1. The first-order valence-electron chi connectivity index (χ1n) is 25.6. The number of rotatable bonds is 43. The van der Waals surface area contributed by atoms with Gasteiger partial charge < -0.3 is 40.3 Å². The highest BCUT2D eigenvalue weighted by molar-refractivity contribution is 7.80. The van der Waals surface area contributed by atoms with Crippen LogP contribution in [0.1, 0.15) is 206 Å². The molecule has 0 radical (unpaired) electrons. The van der Waals surface area contributed by atoms with Gasteiger partial charge in [0.15, 0.2) is 6.29 Å². The predicted molar refractivity (Wildman–Crippen MR) is 260 cm³/mol. The zero-order chi connectivity index (χ0) is 47.8. The lowest BCUT2D eigenvalue weighted by molar-refractivity contribution is -0.298. The lowest BCUT2D eigenvalue weighted by Crippen LogP contribution is -2.61. The van der Waals surface area contributed by atoms with Crippen LogP contribution in [0.2, 0.25) is 0 Å². The summed E-state index contributed by atoms with van der Waals surface area (Å²) in [6.07, 6.45) is 39.1. The highest BCUT2D eigenvalue weighted by atomic mass is 32.3. The van der Waals surface area contributed by atoms with E-state index in [1.807, 2.05) is 0 Å². The molecule has 1 aliphatic rings. The molecule has 0 spiro atoms. The number of nitrogens with one attached hydrogen (secondary N) is 1. The van der Waals surface area contributed by atoms with Gasteiger partial charge >= 0.3 is 10.4 Å². The topological polar surface area (TPSA) is 212 Å². The number of hydrogen-bond donors (Lipinski definition) is 7. The second-order valence-corrected chi connectivity index (χ2v) is 18.9. The van der Waals surface area contributed by atoms with Crippen LogP contribution in [0, 0.1) is 0 Å². The largest absolute Gasteiger partial charge is 0.397 e. The monoisotopic (exact) mass is 944 g/mol. The minimum atomic E-state index is -5.13. The van der Waals surface area contributed by atoms with Gasteiger partial charge in [0.1, 0.15) is 30.5 Å². The Hall–Kier alpha value is -1.98. The molecule has 1 aliphatic heterocycles. The van der Waals surface area contributed by atoms with Crippen molar-refractivity contribution in [1.82, 2.24) is 5.32 Å². The molecule has 0 aromatic carbocycles. The Morgan fingerprint density at radius 3 is 1.49 bits per heavy atom. The molecular weight excluding hydrogens is 851 g/mol. The number of aliphatic hydroxyl groups excluding tert-OH is 5. The molecule has 0 saturated carbocycles. The van der Waals surface area contributed by atoms with Crippen LogP contribution in [0.5, 0.6) is 0 Å². The zero-order valence-electron chi connectivity index (χ0n) is 40.4. The van der Waals surface area contributed by atoms with Crippen molar-refractivity contribution in [3.63, 3.8) is 0 Å². The lowest BCUT2D eigenvalue weighted by Gasteiger charge is -2.41. The predicted octanol–water partition coefficient (Wildman–Crippen LogP) is 9.80. The van der Waals surface area contributed by atoms with Crippen molar-refractivity contribution in [3.05, 3.63) is 48.6 Å². The number of allylic oxidation sites excluding steroid dienone is 7. The number of ether oxygens (including phenoxy) is 2. The van der Waals surface area contributed by atoms with Crippen molar-refractivity contribution in [1.29, 1.82) is 0 Å². The first kappa shape index (κ1) is 61.0. The summed E-state index contributed by atoms with van der Waals surface area (Å²) in [5.41, 5.74) is 0. The molecule has 380 valence electrons. The second-order valence-electron chi connectivity index (χ2n) is 17.9. The van der Waals surface area contributed by atoms with Gasteiger partial charge in [-0.2, -0.15) is 8.42 Å². The van der Waals surface area contributed by atoms with Crippen molar-refractivity contribution in [2.24, 2.45) is 0 Å². The SMILES string of the molecule is CCCCCC/C=C/CC/C=C/CC/C=C/C(O)C(COC1OC(CO)C(O)C(OS(=O)(=O)O)C1O)NC(=O)C(O)CCCCCCCC/C=C\CCCCCCCCCCCCCC. The van der Waals surface area contributed by atoms with E-state index in [0.717, 1.165) is 70.6 Å². The fraction of sp³-hybridized carbons (Fsp3) is 0.824. The minimum absolute atomic E-state index is 0.226. The van der Waals surface area contributed by atoms with E-state index in [2.05, 4.69) is 59.8 Å². The number of hydrogen-bond acceptors (Lipinski definition) is 11. The lowest BCUT2D eigenvalue weighted by atomic mass is 9.99. The first-order chi connectivity index (χ1) is 31.4. The first-order valence-corrected chi connectivity index (χ1v) is 27.0. The summed E-state index contributed by atoms with van der Waals surface area (Å²) in [5, 5.41) is 55.3. The summed E-state index contributed by atoms with van der Waals surface area (Å²) in [5.74, 6) is -0.722. The van der Waals surface area contributed by atoms with Crippen molar-refractivity contribution < 1.29 is 57.0 Å².